The number of aryl methyl sites for hydroxylation is 1. The van der Waals surface area contributed by atoms with Gasteiger partial charge in [-0.2, -0.15) is 10.1 Å². The van der Waals surface area contributed by atoms with Gasteiger partial charge in [0.05, 0.1) is 10.2 Å². The molecular weight excluding hydrogens is 344 g/mol. The number of aromatic nitrogens is 4. The predicted molar refractivity (Wildman–Crippen MR) is 104 cm³/mol. The summed E-state index contributed by atoms with van der Waals surface area (Å²) in [6, 6.07) is 4.58. The number of aromatic amines is 1. The van der Waals surface area contributed by atoms with Gasteiger partial charge in [-0.05, 0) is 67.7 Å². The lowest BCUT2D eigenvalue weighted by molar-refractivity contribution is 0.157. The molecule has 0 aliphatic heterocycles. The van der Waals surface area contributed by atoms with E-state index in [9.17, 15) is 0 Å². The highest BCUT2D eigenvalue weighted by Gasteiger charge is 2.64. The van der Waals surface area contributed by atoms with E-state index in [1.807, 2.05) is 13.0 Å². The number of anilines is 3. The average Bonchev–Trinajstić information content (AvgIpc) is 3.40. The largest absolute Gasteiger partial charge is 0.351 e. The van der Waals surface area contributed by atoms with E-state index >= 15 is 0 Å². The molecule has 0 spiro atoms. The second-order valence-corrected chi connectivity index (χ2v) is 9.45. The lowest BCUT2D eigenvalue weighted by Gasteiger charge is -2.42. The van der Waals surface area contributed by atoms with E-state index in [1.54, 1.807) is 11.3 Å². The van der Waals surface area contributed by atoms with Crippen molar-refractivity contribution in [3.8, 4) is 0 Å². The van der Waals surface area contributed by atoms with Crippen LogP contribution in [-0.2, 0) is 0 Å². The molecule has 6 nitrogen and oxygen atoms in total. The van der Waals surface area contributed by atoms with E-state index < -0.39 is 0 Å². The Morgan fingerprint density at radius 1 is 1.23 bits per heavy atom. The normalized spacial score (nSPS) is 31.8. The van der Waals surface area contributed by atoms with E-state index in [1.165, 1.54) is 38.5 Å². The number of rotatable bonds is 4. The highest BCUT2D eigenvalue weighted by molar-refractivity contribution is 7.17. The summed E-state index contributed by atoms with van der Waals surface area (Å²) in [4.78, 5) is 9.61. The molecule has 2 bridgehead atoms. The Kier molecular flexibility index (Phi) is 2.86. The first-order valence-electron chi connectivity index (χ1n) is 9.44. The average molecular weight is 366 g/mol. The molecule has 3 aromatic rings. The van der Waals surface area contributed by atoms with Crippen LogP contribution < -0.4 is 10.6 Å². The second-order valence-electron chi connectivity index (χ2n) is 8.53. The van der Waals surface area contributed by atoms with Crippen molar-refractivity contribution in [3.63, 3.8) is 0 Å². The van der Waals surface area contributed by atoms with Crippen LogP contribution in [0.25, 0.3) is 10.2 Å². The summed E-state index contributed by atoms with van der Waals surface area (Å²) in [6.07, 6.45) is 8.32. The standard InChI is InChI=1S/C19H22N6S/c1-11-8-14(25-24-11)22-16-15-12(2-7-26-15)20-17(23-16)21-13-9-18-3-5-19(13,10-18)6-4-18/h2,7-8,13H,3-6,9-10H2,1H3,(H3,20,21,22,23,24,25)/t13-,18?,19?/m0/s1. The molecule has 3 N–H and O–H groups in total. The topological polar surface area (TPSA) is 78.5 Å². The minimum atomic E-state index is 0.500. The van der Waals surface area contributed by atoms with Crippen molar-refractivity contribution in [1.29, 1.82) is 0 Å². The van der Waals surface area contributed by atoms with E-state index in [0.29, 0.717) is 16.9 Å². The molecule has 0 unspecified atom stereocenters. The van der Waals surface area contributed by atoms with Gasteiger partial charge in [-0.3, -0.25) is 5.10 Å². The monoisotopic (exact) mass is 366 g/mol. The number of nitrogens with one attached hydrogen (secondary N) is 3. The maximum absolute atomic E-state index is 4.83. The molecule has 6 rings (SSSR count). The minimum Gasteiger partial charge on any atom is -0.351 e. The summed E-state index contributed by atoms with van der Waals surface area (Å²) in [5.74, 6) is 2.38. The zero-order valence-electron chi connectivity index (χ0n) is 14.8. The first kappa shape index (κ1) is 15.0. The fourth-order valence-corrected chi connectivity index (χ4v) is 6.53. The summed E-state index contributed by atoms with van der Waals surface area (Å²) in [5, 5.41) is 16.4. The van der Waals surface area contributed by atoms with E-state index in [2.05, 4.69) is 32.3 Å². The van der Waals surface area contributed by atoms with Crippen molar-refractivity contribution < 1.29 is 0 Å². The zero-order chi connectivity index (χ0) is 17.4. The Balaban J connectivity index is 1.34. The maximum atomic E-state index is 4.83. The first-order chi connectivity index (χ1) is 12.6. The summed E-state index contributed by atoms with van der Waals surface area (Å²) >= 11 is 1.66. The fraction of sp³-hybridized carbons (Fsp3) is 0.526. The molecule has 0 aromatic carbocycles. The summed E-state index contributed by atoms with van der Waals surface area (Å²) in [6.45, 7) is 1.99. The van der Waals surface area contributed by atoms with Crippen LogP contribution in [0, 0.1) is 17.8 Å². The fourth-order valence-electron chi connectivity index (χ4n) is 5.75. The van der Waals surface area contributed by atoms with Crippen molar-refractivity contribution >= 4 is 39.1 Å². The second kappa shape index (κ2) is 4.97. The molecule has 134 valence electrons. The van der Waals surface area contributed by atoms with Gasteiger partial charge in [-0.15, -0.1) is 11.3 Å². The van der Waals surface area contributed by atoms with Gasteiger partial charge in [0.25, 0.3) is 0 Å². The van der Waals surface area contributed by atoms with Gasteiger partial charge in [0.15, 0.2) is 11.6 Å². The van der Waals surface area contributed by atoms with Crippen LogP contribution in [0.3, 0.4) is 0 Å². The van der Waals surface area contributed by atoms with Crippen LogP contribution in [-0.4, -0.2) is 26.2 Å². The van der Waals surface area contributed by atoms with Crippen LogP contribution in [0.4, 0.5) is 17.6 Å². The van der Waals surface area contributed by atoms with E-state index in [-0.39, 0.29) is 0 Å². The van der Waals surface area contributed by atoms with Gasteiger partial charge in [-0.25, -0.2) is 4.98 Å². The number of nitrogens with zero attached hydrogens (tertiary/aromatic N) is 3. The maximum Gasteiger partial charge on any atom is 0.225 e. The molecule has 0 saturated heterocycles. The molecule has 3 aromatic heterocycles. The first-order valence-corrected chi connectivity index (χ1v) is 10.3. The molecule has 3 saturated carbocycles. The predicted octanol–water partition coefficient (Wildman–Crippen LogP) is 4.60. The number of hydrogen-bond donors (Lipinski definition) is 3. The van der Waals surface area contributed by atoms with Crippen LogP contribution in [0.2, 0.25) is 0 Å². The molecule has 3 aliphatic carbocycles. The van der Waals surface area contributed by atoms with Gasteiger partial charge in [0.2, 0.25) is 5.95 Å². The van der Waals surface area contributed by atoms with Crippen LogP contribution in [0.15, 0.2) is 17.5 Å². The third kappa shape index (κ3) is 2.06. The number of H-pyrrole nitrogens is 1. The summed E-state index contributed by atoms with van der Waals surface area (Å²) < 4.78 is 1.07. The van der Waals surface area contributed by atoms with Crippen molar-refractivity contribution in [2.24, 2.45) is 10.8 Å². The van der Waals surface area contributed by atoms with Gasteiger partial charge < -0.3 is 10.6 Å². The molecule has 3 aliphatic rings. The van der Waals surface area contributed by atoms with Gasteiger partial charge in [0.1, 0.15) is 0 Å². The van der Waals surface area contributed by atoms with E-state index in [4.69, 9.17) is 9.97 Å². The number of thiophene rings is 1. The molecule has 26 heavy (non-hydrogen) atoms. The van der Waals surface area contributed by atoms with Crippen molar-refractivity contribution in [2.45, 2.75) is 51.5 Å². The van der Waals surface area contributed by atoms with Crippen LogP contribution in [0.5, 0.6) is 0 Å². The summed E-state index contributed by atoms with van der Waals surface area (Å²) in [5.41, 5.74) is 3.14. The Hall–Kier alpha value is -2.15. The third-order valence-electron chi connectivity index (χ3n) is 6.97. The number of fused-ring (bicyclic) bond motifs is 1. The Morgan fingerprint density at radius 2 is 2.12 bits per heavy atom. The SMILES string of the molecule is Cc1cc(Nc2nc(N[C@H]3CC45CCC3(CC4)C5)nc3ccsc23)n[nH]1. The molecule has 0 radical (unpaired) electrons. The molecule has 1 atom stereocenters. The van der Waals surface area contributed by atoms with Crippen LogP contribution in [0.1, 0.15) is 44.2 Å². The molecular formula is C19H22N6S. The Morgan fingerprint density at radius 3 is 2.81 bits per heavy atom. The minimum absolute atomic E-state index is 0.500. The Labute approximate surface area is 155 Å². The van der Waals surface area contributed by atoms with Gasteiger partial charge in [0, 0.05) is 17.8 Å². The molecule has 3 fully saturated rings. The van der Waals surface area contributed by atoms with Crippen molar-refractivity contribution in [2.75, 3.05) is 10.6 Å². The molecule has 0 amide bonds. The third-order valence-corrected chi connectivity index (χ3v) is 7.88. The van der Waals surface area contributed by atoms with Gasteiger partial charge >= 0.3 is 0 Å². The lowest BCUT2D eigenvalue weighted by atomic mass is 9.68. The number of hydrogen-bond acceptors (Lipinski definition) is 6. The smallest absolute Gasteiger partial charge is 0.225 e. The highest BCUT2D eigenvalue weighted by Crippen LogP contribution is 2.71. The quantitative estimate of drug-likeness (QED) is 0.629. The Bertz CT molecular complexity index is 997. The van der Waals surface area contributed by atoms with Crippen LogP contribution >= 0.6 is 11.3 Å². The van der Waals surface area contributed by atoms with E-state index in [0.717, 1.165) is 33.5 Å². The van der Waals surface area contributed by atoms with Crippen molar-refractivity contribution in [1.82, 2.24) is 20.2 Å². The molecule has 3 heterocycles. The highest BCUT2D eigenvalue weighted by atomic mass is 32.1. The van der Waals surface area contributed by atoms with Crippen molar-refractivity contribution in [3.05, 3.63) is 23.2 Å². The summed E-state index contributed by atoms with van der Waals surface area (Å²) in [7, 11) is 0. The lowest BCUT2D eigenvalue weighted by Crippen LogP contribution is -2.41. The zero-order valence-corrected chi connectivity index (χ0v) is 15.6. The van der Waals surface area contributed by atoms with Gasteiger partial charge in [-0.1, -0.05) is 0 Å². The molecule has 7 heteroatoms.